The highest BCUT2D eigenvalue weighted by Crippen LogP contribution is 2.24. The molecular weight excluding hydrogens is 306 g/mol. The van der Waals surface area contributed by atoms with E-state index in [-0.39, 0.29) is 0 Å². The van der Waals surface area contributed by atoms with E-state index in [2.05, 4.69) is 0 Å². The summed E-state index contributed by atoms with van der Waals surface area (Å²) in [7, 11) is 2.90. The van der Waals surface area contributed by atoms with Crippen LogP contribution in [-0.4, -0.2) is 31.0 Å². The molecule has 0 N–H and O–H groups in total. The number of ether oxygens (including phenoxy) is 2. The zero-order valence-corrected chi connectivity index (χ0v) is 13.5. The third kappa shape index (κ3) is 2.76. The van der Waals surface area contributed by atoms with Crippen molar-refractivity contribution >= 4 is 23.2 Å². The van der Waals surface area contributed by atoms with Gasteiger partial charge in [0.2, 0.25) is 0 Å². The van der Waals surface area contributed by atoms with Crippen molar-refractivity contribution in [2.45, 2.75) is 6.54 Å². The van der Waals surface area contributed by atoms with Crippen molar-refractivity contribution in [3.8, 4) is 5.75 Å². The highest BCUT2D eigenvalue weighted by atomic mass is 16.5. The van der Waals surface area contributed by atoms with Gasteiger partial charge < -0.3 is 14.0 Å². The minimum atomic E-state index is -0.420. The molecule has 1 aromatic heterocycles. The first-order chi connectivity index (χ1) is 11.7. The van der Waals surface area contributed by atoms with E-state index in [1.807, 2.05) is 34.9 Å². The summed E-state index contributed by atoms with van der Waals surface area (Å²) in [5, 5.41) is 0.889. The number of benzene rings is 2. The second-order valence-electron chi connectivity index (χ2n) is 5.36. The molecule has 0 unspecified atom stereocenters. The molecule has 122 valence electrons. The molecule has 3 rings (SSSR count). The third-order valence-corrected chi connectivity index (χ3v) is 4.01. The molecule has 0 spiro atoms. The van der Waals surface area contributed by atoms with Gasteiger partial charge in [0.25, 0.3) is 0 Å². The van der Waals surface area contributed by atoms with Gasteiger partial charge in [0.05, 0.1) is 19.8 Å². The van der Waals surface area contributed by atoms with E-state index in [0.29, 0.717) is 23.4 Å². The van der Waals surface area contributed by atoms with E-state index < -0.39 is 5.97 Å². The second-order valence-corrected chi connectivity index (χ2v) is 5.36. The van der Waals surface area contributed by atoms with Crippen LogP contribution < -0.4 is 4.74 Å². The van der Waals surface area contributed by atoms with E-state index in [4.69, 9.17) is 9.47 Å². The van der Waals surface area contributed by atoms with Crippen molar-refractivity contribution in [3.05, 3.63) is 65.4 Å². The number of nitrogens with zero attached hydrogens (tertiary/aromatic N) is 1. The number of hydrogen-bond donors (Lipinski definition) is 0. The fourth-order valence-corrected chi connectivity index (χ4v) is 2.80. The maximum absolute atomic E-state index is 12.1. The lowest BCUT2D eigenvalue weighted by molar-refractivity contribution is 0.0599. The van der Waals surface area contributed by atoms with Crippen LogP contribution in [0.2, 0.25) is 0 Å². The molecule has 0 aliphatic heterocycles. The number of carbonyl (C=O) groups is 2. The highest BCUT2D eigenvalue weighted by molar-refractivity contribution is 5.97. The first kappa shape index (κ1) is 15.8. The number of aromatic nitrogens is 1. The van der Waals surface area contributed by atoms with Crippen LogP contribution in [0.15, 0.2) is 48.7 Å². The smallest absolute Gasteiger partial charge is 0.338 e. The average molecular weight is 323 g/mol. The monoisotopic (exact) mass is 323 g/mol. The van der Waals surface area contributed by atoms with Gasteiger partial charge in [0.1, 0.15) is 5.75 Å². The summed E-state index contributed by atoms with van der Waals surface area (Å²) in [6.07, 6.45) is 2.64. The highest BCUT2D eigenvalue weighted by Gasteiger charge is 2.15. The predicted octanol–water partition coefficient (Wildman–Crippen LogP) is 3.30. The molecule has 0 saturated heterocycles. The van der Waals surface area contributed by atoms with Crippen LogP contribution in [0.5, 0.6) is 5.75 Å². The molecule has 1 heterocycles. The van der Waals surface area contributed by atoms with E-state index in [1.54, 1.807) is 25.4 Å². The number of para-hydroxylation sites is 1. The maximum atomic E-state index is 12.1. The number of rotatable bonds is 5. The average Bonchev–Trinajstić information content (AvgIpc) is 2.99. The molecule has 5 nitrogen and oxygen atoms in total. The molecular formula is C19H17NO4. The first-order valence-electron chi connectivity index (χ1n) is 7.46. The Morgan fingerprint density at radius 2 is 1.96 bits per heavy atom. The molecule has 2 aromatic carbocycles. The predicted molar refractivity (Wildman–Crippen MR) is 90.8 cm³/mol. The maximum Gasteiger partial charge on any atom is 0.338 e. The largest absolute Gasteiger partial charge is 0.497 e. The molecule has 24 heavy (non-hydrogen) atoms. The van der Waals surface area contributed by atoms with Gasteiger partial charge in [-0.05, 0) is 23.8 Å². The van der Waals surface area contributed by atoms with E-state index >= 15 is 0 Å². The summed E-state index contributed by atoms with van der Waals surface area (Å²) >= 11 is 0. The van der Waals surface area contributed by atoms with Gasteiger partial charge in [-0.2, -0.15) is 0 Å². The molecule has 0 aliphatic rings. The Morgan fingerprint density at radius 3 is 2.67 bits per heavy atom. The minimum absolute atomic E-state index is 0.420. The standard InChI is InChI=1S/C19H17NO4/c1-23-15-8-7-13(17(9-15)19(22)24-2)10-20-11-14(12-21)16-5-3-4-6-18(16)20/h3-9,11-12H,10H2,1-2H3. The SMILES string of the molecule is COC(=O)c1cc(OC)ccc1Cn1cc(C=O)c2ccccc21. The van der Waals surface area contributed by atoms with Crippen molar-refractivity contribution in [1.82, 2.24) is 4.57 Å². The van der Waals surface area contributed by atoms with Gasteiger partial charge in [-0.15, -0.1) is 0 Å². The topological polar surface area (TPSA) is 57.5 Å². The van der Waals surface area contributed by atoms with E-state index in [9.17, 15) is 9.59 Å². The molecule has 0 aliphatic carbocycles. The Balaban J connectivity index is 2.09. The zero-order valence-electron chi connectivity index (χ0n) is 13.5. The molecule has 5 heteroatoms. The van der Waals surface area contributed by atoms with Crippen molar-refractivity contribution in [2.24, 2.45) is 0 Å². The molecule has 0 atom stereocenters. The number of hydrogen-bond acceptors (Lipinski definition) is 4. The number of esters is 1. The normalized spacial score (nSPS) is 10.6. The number of carbonyl (C=O) groups excluding carboxylic acids is 2. The van der Waals surface area contributed by atoms with Crippen LogP contribution in [0.3, 0.4) is 0 Å². The summed E-state index contributed by atoms with van der Waals surface area (Å²) in [5.41, 5.74) is 2.80. The Kier molecular flexibility index (Phi) is 4.33. The Hall–Kier alpha value is -3.08. The van der Waals surface area contributed by atoms with Crippen LogP contribution in [0.25, 0.3) is 10.9 Å². The summed E-state index contributed by atoms with van der Waals surface area (Å²) in [6.45, 7) is 0.447. The number of fused-ring (bicyclic) bond motifs is 1. The van der Waals surface area contributed by atoms with Crippen molar-refractivity contribution < 1.29 is 19.1 Å². The van der Waals surface area contributed by atoms with Crippen molar-refractivity contribution in [2.75, 3.05) is 14.2 Å². The van der Waals surface area contributed by atoms with Crippen LogP contribution in [0, 0.1) is 0 Å². The summed E-state index contributed by atoms with van der Waals surface area (Å²) in [6, 6.07) is 13.0. The molecule has 0 bridgehead atoms. The summed E-state index contributed by atoms with van der Waals surface area (Å²) < 4.78 is 12.0. The Labute approximate surface area is 139 Å². The summed E-state index contributed by atoms with van der Waals surface area (Å²) in [5.74, 6) is 0.168. The van der Waals surface area contributed by atoms with Gasteiger partial charge >= 0.3 is 5.97 Å². The van der Waals surface area contributed by atoms with E-state index in [1.165, 1.54) is 7.11 Å². The van der Waals surface area contributed by atoms with Crippen LogP contribution in [0.4, 0.5) is 0 Å². The molecule has 0 fully saturated rings. The molecule has 3 aromatic rings. The third-order valence-electron chi connectivity index (χ3n) is 4.01. The minimum Gasteiger partial charge on any atom is -0.497 e. The lowest BCUT2D eigenvalue weighted by atomic mass is 10.1. The van der Waals surface area contributed by atoms with Gasteiger partial charge in [0, 0.05) is 29.2 Å². The molecule has 0 saturated carbocycles. The lowest BCUT2D eigenvalue weighted by Crippen LogP contribution is -2.09. The molecule has 0 radical (unpaired) electrons. The first-order valence-corrected chi connectivity index (χ1v) is 7.46. The lowest BCUT2D eigenvalue weighted by Gasteiger charge is -2.11. The van der Waals surface area contributed by atoms with E-state index in [0.717, 1.165) is 22.8 Å². The Bertz CT molecular complexity index is 911. The fraction of sp³-hybridized carbons (Fsp3) is 0.158. The Morgan fingerprint density at radius 1 is 1.17 bits per heavy atom. The van der Waals surface area contributed by atoms with Crippen LogP contribution in [-0.2, 0) is 11.3 Å². The zero-order chi connectivity index (χ0) is 17.1. The van der Waals surface area contributed by atoms with Gasteiger partial charge in [-0.25, -0.2) is 4.79 Å². The number of aldehydes is 1. The quantitative estimate of drug-likeness (QED) is 0.534. The van der Waals surface area contributed by atoms with Gasteiger partial charge in [-0.1, -0.05) is 24.3 Å². The van der Waals surface area contributed by atoms with Crippen molar-refractivity contribution in [1.29, 1.82) is 0 Å². The van der Waals surface area contributed by atoms with Crippen molar-refractivity contribution in [3.63, 3.8) is 0 Å². The number of methoxy groups -OCH3 is 2. The van der Waals surface area contributed by atoms with Gasteiger partial charge in [0.15, 0.2) is 6.29 Å². The summed E-state index contributed by atoms with van der Waals surface area (Å²) in [4.78, 5) is 23.4. The van der Waals surface area contributed by atoms with Crippen LogP contribution >= 0.6 is 0 Å². The fourth-order valence-electron chi connectivity index (χ4n) is 2.80. The second kappa shape index (κ2) is 6.58. The molecule has 0 amide bonds. The van der Waals surface area contributed by atoms with Gasteiger partial charge in [-0.3, -0.25) is 4.79 Å². The van der Waals surface area contributed by atoms with Crippen LogP contribution in [0.1, 0.15) is 26.3 Å².